The number of aliphatic hydroxyl groups is 1. The van der Waals surface area contributed by atoms with Crippen molar-refractivity contribution in [2.75, 3.05) is 0 Å². The molecule has 3 rings (SSSR count). The molecule has 2 aliphatic carbocycles. The van der Waals surface area contributed by atoms with E-state index in [1.807, 2.05) is 38.1 Å². The third kappa shape index (κ3) is 5.74. The van der Waals surface area contributed by atoms with Gasteiger partial charge in [-0.15, -0.1) is 0 Å². The van der Waals surface area contributed by atoms with Crippen molar-refractivity contribution in [3.63, 3.8) is 0 Å². The van der Waals surface area contributed by atoms with Crippen LogP contribution in [0.15, 0.2) is 33.6 Å². The molecule has 1 aromatic carbocycles. The Morgan fingerprint density at radius 1 is 1.16 bits per heavy atom. The van der Waals surface area contributed by atoms with E-state index in [9.17, 15) is 14.7 Å². The number of carbonyl (C=O) groups excluding carboxylic acids is 2. The van der Waals surface area contributed by atoms with Crippen molar-refractivity contribution in [3.05, 3.63) is 39.2 Å². The molecular weight excluding hydrogens is 504 g/mol. The molecule has 0 amide bonds. The van der Waals surface area contributed by atoms with Crippen molar-refractivity contribution < 1.29 is 19.4 Å². The molecule has 2 aliphatic rings. The number of hydrogen-bond acceptors (Lipinski definition) is 4. The predicted octanol–water partition coefficient (Wildman–Crippen LogP) is 5.38. The number of carbonyl (C=O) groups is 2. The van der Waals surface area contributed by atoms with Gasteiger partial charge in [-0.2, -0.15) is 0 Å². The molecule has 170 valence electrons. The van der Waals surface area contributed by atoms with Gasteiger partial charge in [0.15, 0.2) is 0 Å². The first-order valence-electron chi connectivity index (χ1n) is 11.4. The Kier molecular flexibility index (Phi) is 7.59. The fourth-order valence-corrected chi connectivity index (χ4v) is 9.61. The third-order valence-electron chi connectivity index (χ3n) is 6.77. The minimum absolute atomic E-state index is 0.0170. The van der Waals surface area contributed by atoms with Crippen LogP contribution < -0.4 is 3.61 Å². The molecule has 5 heteroatoms. The van der Waals surface area contributed by atoms with E-state index < -0.39 is 19.6 Å². The van der Waals surface area contributed by atoms with E-state index in [4.69, 9.17) is 4.74 Å². The first-order chi connectivity index (χ1) is 14.5. The zero-order valence-electron chi connectivity index (χ0n) is 19.7. The maximum atomic E-state index is 12.8. The van der Waals surface area contributed by atoms with Crippen LogP contribution in [0.5, 0.6) is 0 Å². The zero-order chi connectivity index (χ0) is 22.9. The summed E-state index contributed by atoms with van der Waals surface area (Å²) < 4.78 is 7.73. The second-order valence-electron chi connectivity index (χ2n) is 10.5. The van der Waals surface area contributed by atoms with Gasteiger partial charge in [0.05, 0.1) is 0 Å². The van der Waals surface area contributed by atoms with Crippen LogP contribution in [0.1, 0.15) is 77.1 Å². The summed E-state index contributed by atoms with van der Waals surface area (Å²) >= 11 is -2.17. The SMILES string of the molecule is CC(C)[C@@H]1CC[C@@H](C)C[C@H]1OC(=O)c1ccc([Te+](C)C2=C(O)CC(C)(C)CC2=O)cc1. The van der Waals surface area contributed by atoms with Crippen molar-refractivity contribution in [1.82, 2.24) is 0 Å². The molecule has 1 aromatic rings. The molecule has 0 spiro atoms. The van der Waals surface area contributed by atoms with E-state index in [2.05, 4.69) is 25.7 Å². The molecule has 0 aliphatic heterocycles. The van der Waals surface area contributed by atoms with E-state index in [0.717, 1.165) is 16.5 Å². The fourth-order valence-electron chi connectivity index (χ4n) is 4.99. The fraction of sp³-hybridized carbons (Fsp3) is 0.615. The van der Waals surface area contributed by atoms with Crippen molar-refractivity contribution in [1.29, 1.82) is 0 Å². The van der Waals surface area contributed by atoms with Crippen LogP contribution >= 0.6 is 0 Å². The molecule has 0 heterocycles. The van der Waals surface area contributed by atoms with Crippen molar-refractivity contribution in [3.8, 4) is 0 Å². The van der Waals surface area contributed by atoms with Crippen molar-refractivity contribution in [2.24, 2.45) is 23.2 Å². The van der Waals surface area contributed by atoms with E-state index in [-0.39, 0.29) is 29.0 Å². The number of aliphatic hydroxyl groups excluding tert-OH is 1. The topological polar surface area (TPSA) is 63.6 Å². The van der Waals surface area contributed by atoms with Gasteiger partial charge < -0.3 is 0 Å². The van der Waals surface area contributed by atoms with Crippen LogP contribution in [0.25, 0.3) is 0 Å². The van der Waals surface area contributed by atoms with Crippen LogP contribution in [0.4, 0.5) is 0 Å². The van der Waals surface area contributed by atoms with Gasteiger partial charge in [-0.05, 0) is 0 Å². The van der Waals surface area contributed by atoms with Gasteiger partial charge in [0.1, 0.15) is 0 Å². The minimum atomic E-state index is -2.17. The third-order valence-corrected chi connectivity index (χ3v) is 12.6. The molecule has 0 saturated heterocycles. The number of rotatable bonds is 5. The van der Waals surface area contributed by atoms with Crippen molar-refractivity contribution in [2.45, 2.75) is 77.8 Å². The van der Waals surface area contributed by atoms with Gasteiger partial charge in [-0.25, -0.2) is 0 Å². The Morgan fingerprint density at radius 2 is 1.81 bits per heavy atom. The molecule has 0 radical (unpaired) electrons. The second kappa shape index (κ2) is 9.67. The summed E-state index contributed by atoms with van der Waals surface area (Å²) in [6, 6.07) is 7.54. The second-order valence-corrected chi connectivity index (χ2v) is 15.9. The molecule has 0 bridgehead atoms. The van der Waals surface area contributed by atoms with Gasteiger partial charge in [-0.3, -0.25) is 0 Å². The quantitative estimate of drug-likeness (QED) is 0.402. The summed E-state index contributed by atoms with van der Waals surface area (Å²) in [4.78, 5) is 27.6. The number of ketones is 1. The number of esters is 1. The number of allylic oxidation sites excluding steroid dienone is 2. The summed E-state index contributed by atoms with van der Waals surface area (Å²) in [6.45, 7) is 10.7. The maximum absolute atomic E-state index is 12.8. The van der Waals surface area contributed by atoms with Gasteiger partial charge in [-0.1, -0.05) is 0 Å². The Bertz CT molecular complexity index is 853. The van der Waals surface area contributed by atoms with E-state index in [1.54, 1.807) is 0 Å². The summed E-state index contributed by atoms with van der Waals surface area (Å²) in [5, 5.41) is 10.5. The Balaban J connectivity index is 1.72. The standard InChI is InChI=1S/C26H36O4Te/c1-16(2)20-12-7-17(3)13-23(20)30-25(29)18-8-10-19(11-9-18)31(6)24-21(27)14-26(4,5)15-22(24)28/h8-11,16-17,20,23H,7,12-15H2,1-6H3/p+1/t17-,20+,23-/m1/s1. The number of Topliss-reactive ketones (excluding diaryl/α,β-unsaturated/α-hetero) is 1. The van der Waals surface area contributed by atoms with E-state index in [1.165, 1.54) is 6.42 Å². The Morgan fingerprint density at radius 3 is 2.39 bits per heavy atom. The molecule has 1 N–H and O–H groups in total. The average molecular weight is 541 g/mol. The van der Waals surface area contributed by atoms with Crippen LogP contribution in [-0.4, -0.2) is 42.5 Å². The van der Waals surface area contributed by atoms with Gasteiger partial charge >= 0.3 is 195 Å². The molecule has 4 nitrogen and oxygen atoms in total. The number of ether oxygens (including phenoxy) is 1. The summed E-state index contributed by atoms with van der Waals surface area (Å²) in [6.07, 6.45) is 4.28. The normalized spacial score (nSPS) is 26.5. The van der Waals surface area contributed by atoms with Gasteiger partial charge in [0.25, 0.3) is 0 Å². The Labute approximate surface area is 194 Å². The molecule has 1 saturated carbocycles. The van der Waals surface area contributed by atoms with Crippen LogP contribution in [0.2, 0.25) is 4.97 Å². The number of hydrogen-bond donors (Lipinski definition) is 1. The number of benzene rings is 1. The first-order valence-corrected chi connectivity index (χ1v) is 16.1. The summed E-state index contributed by atoms with van der Waals surface area (Å²) in [5.41, 5.74) is 0.382. The molecule has 0 unspecified atom stereocenters. The predicted molar refractivity (Wildman–Crippen MR) is 126 cm³/mol. The zero-order valence-corrected chi connectivity index (χ0v) is 22.1. The van der Waals surface area contributed by atoms with Gasteiger partial charge in [0, 0.05) is 0 Å². The van der Waals surface area contributed by atoms with Crippen molar-refractivity contribution >= 4 is 34.9 Å². The summed E-state index contributed by atoms with van der Waals surface area (Å²) in [5.74, 6) is 1.61. The monoisotopic (exact) mass is 543 g/mol. The summed E-state index contributed by atoms with van der Waals surface area (Å²) in [7, 11) is 0. The van der Waals surface area contributed by atoms with Crippen LogP contribution in [0.3, 0.4) is 0 Å². The van der Waals surface area contributed by atoms with Crippen LogP contribution in [-0.2, 0) is 9.53 Å². The van der Waals surface area contributed by atoms with E-state index in [0.29, 0.717) is 39.8 Å². The Hall–Kier alpha value is -1.31. The van der Waals surface area contributed by atoms with Crippen LogP contribution in [0, 0.1) is 23.2 Å². The van der Waals surface area contributed by atoms with E-state index >= 15 is 0 Å². The molecule has 3 atom stereocenters. The molecule has 31 heavy (non-hydrogen) atoms. The molecule has 1 fully saturated rings. The van der Waals surface area contributed by atoms with Gasteiger partial charge in [0.2, 0.25) is 0 Å². The molecular formula is C26H37O4Te+. The first kappa shape index (κ1) is 24.3. The average Bonchev–Trinajstić information content (AvgIpc) is 2.66. The molecule has 0 aromatic heterocycles.